The smallest absolute Gasteiger partial charge is 0.408 e. The minimum absolute atomic E-state index is 0.0513. The maximum Gasteiger partial charge on any atom is 0.408 e. The van der Waals surface area contributed by atoms with E-state index in [9.17, 15) is 32.5 Å². The Hall–Kier alpha value is -2.41. The van der Waals surface area contributed by atoms with Gasteiger partial charge in [-0.05, 0) is 55.7 Å². The number of carbonyl (C=O) groups excluding carboxylic acids is 3. The van der Waals surface area contributed by atoms with Crippen LogP contribution in [0.2, 0.25) is 5.02 Å². The molecular weight excluding hydrogens is 526 g/mol. The standard InChI is InChI=1S/C24H34ClN3O8S/c1-14(2)10-18(28-23(32)36-24(7-8-24)13-15-4-3-5-17(25)11-15)21(30)27-19(22(31)37(33,34)35)12-16-6-9-26-20(16)29/h3-5,11,14,16,18-19,22,31H,6-10,12-13H2,1-2H3,(H,26,29)(H,27,30)(H,28,32)(H,33,34,35)/p-1/t16-,18-,19-,22?/m0/s1. The van der Waals surface area contributed by atoms with Crippen molar-refractivity contribution in [2.24, 2.45) is 11.8 Å². The topological polar surface area (TPSA) is 174 Å². The number of hydrogen-bond acceptors (Lipinski definition) is 8. The molecule has 1 saturated heterocycles. The number of nitrogens with one attached hydrogen (secondary N) is 3. The third-order valence-corrected chi connectivity index (χ3v) is 7.67. The molecule has 1 aliphatic carbocycles. The first-order valence-electron chi connectivity index (χ1n) is 12.2. The van der Waals surface area contributed by atoms with Crippen LogP contribution in [0.4, 0.5) is 4.79 Å². The first kappa shape index (κ1) is 29.2. The summed E-state index contributed by atoms with van der Waals surface area (Å²) in [5.74, 6) is -1.88. The van der Waals surface area contributed by atoms with Crippen molar-refractivity contribution in [3.8, 4) is 0 Å². The lowest BCUT2D eigenvalue weighted by atomic mass is 9.97. The van der Waals surface area contributed by atoms with E-state index >= 15 is 0 Å². The zero-order chi connectivity index (χ0) is 27.4. The van der Waals surface area contributed by atoms with Crippen molar-refractivity contribution in [3.05, 3.63) is 34.9 Å². The largest absolute Gasteiger partial charge is 0.746 e. The van der Waals surface area contributed by atoms with E-state index in [0.717, 1.165) is 5.56 Å². The molecule has 37 heavy (non-hydrogen) atoms. The van der Waals surface area contributed by atoms with Crippen LogP contribution in [-0.4, -0.2) is 65.7 Å². The molecule has 4 atom stereocenters. The Kier molecular flexibility index (Phi) is 9.43. The summed E-state index contributed by atoms with van der Waals surface area (Å²) >= 11 is 6.04. The fourth-order valence-electron chi connectivity index (χ4n) is 4.45. The van der Waals surface area contributed by atoms with Crippen LogP contribution in [0.1, 0.15) is 51.5 Å². The van der Waals surface area contributed by atoms with Crippen molar-refractivity contribution in [3.63, 3.8) is 0 Å². The Bertz CT molecular complexity index is 1110. The molecule has 1 heterocycles. The van der Waals surface area contributed by atoms with E-state index < -0.39 is 51.2 Å². The van der Waals surface area contributed by atoms with Crippen molar-refractivity contribution in [2.75, 3.05) is 6.54 Å². The maximum atomic E-state index is 13.1. The van der Waals surface area contributed by atoms with Gasteiger partial charge in [0.25, 0.3) is 0 Å². The Labute approximate surface area is 221 Å². The predicted molar refractivity (Wildman–Crippen MR) is 133 cm³/mol. The van der Waals surface area contributed by atoms with Gasteiger partial charge in [-0.25, -0.2) is 13.2 Å². The summed E-state index contributed by atoms with van der Waals surface area (Å²) < 4.78 is 40.2. The quantitative estimate of drug-likeness (QED) is 0.279. The minimum atomic E-state index is -5.19. The van der Waals surface area contributed by atoms with Gasteiger partial charge in [0.15, 0.2) is 5.44 Å². The summed E-state index contributed by atoms with van der Waals surface area (Å²) in [7, 11) is -5.19. The highest BCUT2D eigenvalue weighted by Gasteiger charge is 2.47. The van der Waals surface area contributed by atoms with Gasteiger partial charge in [-0.15, -0.1) is 0 Å². The van der Waals surface area contributed by atoms with E-state index in [0.29, 0.717) is 37.3 Å². The van der Waals surface area contributed by atoms with Crippen LogP contribution in [0.25, 0.3) is 0 Å². The minimum Gasteiger partial charge on any atom is -0.746 e. The fraction of sp³-hybridized carbons (Fsp3) is 0.625. The van der Waals surface area contributed by atoms with Gasteiger partial charge in [0.2, 0.25) is 11.8 Å². The highest BCUT2D eigenvalue weighted by atomic mass is 35.5. The van der Waals surface area contributed by atoms with E-state index in [1.54, 1.807) is 18.2 Å². The molecule has 1 saturated carbocycles. The summed E-state index contributed by atoms with van der Waals surface area (Å²) in [6.07, 6.45) is 1.23. The van der Waals surface area contributed by atoms with Crippen LogP contribution >= 0.6 is 11.6 Å². The van der Waals surface area contributed by atoms with Gasteiger partial charge < -0.3 is 30.3 Å². The van der Waals surface area contributed by atoms with E-state index in [1.807, 2.05) is 19.9 Å². The number of alkyl carbamates (subject to hydrolysis) is 1. The third kappa shape index (κ3) is 8.56. The van der Waals surface area contributed by atoms with Crippen LogP contribution in [-0.2, 0) is 30.9 Å². The number of benzene rings is 1. The van der Waals surface area contributed by atoms with Crippen LogP contribution in [0.15, 0.2) is 24.3 Å². The van der Waals surface area contributed by atoms with Gasteiger partial charge in [-0.1, -0.05) is 37.6 Å². The molecule has 1 unspecified atom stereocenters. The fourth-order valence-corrected chi connectivity index (χ4v) is 5.25. The molecule has 0 radical (unpaired) electrons. The molecule has 1 aliphatic heterocycles. The molecule has 0 aromatic heterocycles. The molecule has 11 nitrogen and oxygen atoms in total. The summed E-state index contributed by atoms with van der Waals surface area (Å²) in [5.41, 5.74) is -2.26. The second kappa shape index (κ2) is 12.0. The number of aliphatic hydroxyl groups excluding tert-OH is 1. The second-order valence-electron chi connectivity index (χ2n) is 10.2. The number of aliphatic hydroxyl groups is 1. The van der Waals surface area contributed by atoms with E-state index in [4.69, 9.17) is 16.3 Å². The molecule has 2 aliphatic rings. The van der Waals surface area contributed by atoms with Crippen LogP contribution in [0.3, 0.4) is 0 Å². The van der Waals surface area contributed by atoms with Crippen molar-refractivity contribution >= 4 is 39.6 Å². The number of hydrogen-bond donors (Lipinski definition) is 4. The predicted octanol–water partition coefficient (Wildman–Crippen LogP) is 1.43. The molecule has 3 rings (SSSR count). The monoisotopic (exact) mass is 558 g/mol. The Balaban J connectivity index is 1.68. The second-order valence-corrected chi connectivity index (χ2v) is 12.1. The van der Waals surface area contributed by atoms with Gasteiger partial charge >= 0.3 is 6.09 Å². The van der Waals surface area contributed by atoms with Crippen molar-refractivity contribution in [2.45, 2.75) is 75.5 Å². The molecule has 2 fully saturated rings. The van der Waals surface area contributed by atoms with Crippen LogP contribution in [0.5, 0.6) is 0 Å². The highest BCUT2D eigenvalue weighted by molar-refractivity contribution is 7.86. The van der Waals surface area contributed by atoms with Gasteiger partial charge in [0.05, 0.1) is 6.04 Å². The summed E-state index contributed by atoms with van der Waals surface area (Å²) in [6.45, 7) is 4.02. The van der Waals surface area contributed by atoms with E-state index in [-0.39, 0.29) is 24.7 Å². The number of halogens is 1. The van der Waals surface area contributed by atoms with Gasteiger partial charge in [0.1, 0.15) is 21.8 Å². The lowest BCUT2D eigenvalue weighted by Gasteiger charge is -2.30. The maximum absolute atomic E-state index is 13.1. The van der Waals surface area contributed by atoms with Crippen molar-refractivity contribution in [1.82, 2.24) is 16.0 Å². The summed E-state index contributed by atoms with van der Waals surface area (Å²) in [6, 6.07) is 4.55. The molecule has 13 heteroatoms. The Morgan fingerprint density at radius 2 is 2.00 bits per heavy atom. The van der Waals surface area contributed by atoms with E-state index in [2.05, 4.69) is 16.0 Å². The lowest BCUT2D eigenvalue weighted by molar-refractivity contribution is -0.126. The lowest BCUT2D eigenvalue weighted by Crippen LogP contribution is -2.55. The average molecular weight is 559 g/mol. The summed E-state index contributed by atoms with van der Waals surface area (Å²) in [5, 5.41) is 18.2. The molecular formula is C24H33ClN3O8S-. The first-order chi connectivity index (χ1) is 17.3. The van der Waals surface area contributed by atoms with Crippen molar-refractivity contribution < 1.29 is 37.2 Å². The number of amides is 3. The van der Waals surface area contributed by atoms with Crippen LogP contribution < -0.4 is 16.0 Å². The first-order valence-corrected chi connectivity index (χ1v) is 14.1. The van der Waals surface area contributed by atoms with Crippen LogP contribution in [0, 0.1) is 11.8 Å². The molecule has 0 bridgehead atoms. The van der Waals surface area contributed by atoms with Gasteiger partial charge in [0, 0.05) is 23.9 Å². The third-order valence-electron chi connectivity index (χ3n) is 6.52. The zero-order valence-corrected chi connectivity index (χ0v) is 22.3. The zero-order valence-electron chi connectivity index (χ0n) is 20.7. The normalized spacial score (nSPS) is 21.0. The molecule has 4 N–H and O–H groups in total. The van der Waals surface area contributed by atoms with E-state index in [1.165, 1.54) is 0 Å². The highest BCUT2D eigenvalue weighted by Crippen LogP contribution is 2.43. The molecule has 1 aromatic rings. The van der Waals surface area contributed by atoms with Crippen molar-refractivity contribution in [1.29, 1.82) is 0 Å². The average Bonchev–Trinajstić information content (AvgIpc) is 3.41. The number of rotatable bonds is 12. The number of carbonyl (C=O) groups is 3. The summed E-state index contributed by atoms with van der Waals surface area (Å²) in [4.78, 5) is 37.8. The van der Waals surface area contributed by atoms with Gasteiger partial charge in [-0.3, -0.25) is 9.59 Å². The molecule has 0 spiro atoms. The number of ether oxygens (including phenoxy) is 1. The molecule has 3 amide bonds. The Morgan fingerprint density at radius 1 is 1.30 bits per heavy atom. The molecule has 1 aromatic carbocycles. The SMILES string of the molecule is CC(C)C[C@H](NC(=O)OC1(Cc2cccc(Cl)c2)CC1)C(=O)N[C@@H](C[C@@H]1CCNC1=O)C(O)S(=O)(=O)[O-]. The molecule has 206 valence electrons. The Morgan fingerprint density at radius 3 is 2.54 bits per heavy atom. The van der Waals surface area contributed by atoms with Gasteiger partial charge in [-0.2, -0.15) is 0 Å².